The van der Waals surface area contributed by atoms with E-state index in [1.165, 1.54) is 4.90 Å². The number of nitrogens with one attached hydrogen (secondary N) is 2. The van der Waals surface area contributed by atoms with Crippen LogP contribution in [0.15, 0.2) is 29.2 Å². The zero-order valence-corrected chi connectivity index (χ0v) is 12.8. The molecule has 2 N–H and O–H groups in total. The summed E-state index contributed by atoms with van der Waals surface area (Å²) < 4.78 is 5.35. The molecule has 0 spiro atoms. The average Bonchev–Trinajstić information content (AvgIpc) is 2.48. The first-order valence-corrected chi connectivity index (χ1v) is 8.16. The van der Waals surface area contributed by atoms with E-state index in [4.69, 9.17) is 4.74 Å². The summed E-state index contributed by atoms with van der Waals surface area (Å²) in [5, 5.41) is 6.33. The lowest BCUT2D eigenvalue weighted by Crippen LogP contribution is -2.44. The average molecular weight is 294 g/mol. The number of rotatable bonds is 5. The van der Waals surface area contributed by atoms with Gasteiger partial charge in [0, 0.05) is 23.9 Å². The molecule has 1 aliphatic heterocycles. The van der Waals surface area contributed by atoms with Gasteiger partial charge in [0.15, 0.2) is 0 Å². The van der Waals surface area contributed by atoms with Crippen molar-refractivity contribution in [2.75, 3.05) is 26.0 Å². The van der Waals surface area contributed by atoms with Gasteiger partial charge in [0.1, 0.15) is 0 Å². The summed E-state index contributed by atoms with van der Waals surface area (Å²) in [4.78, 5) is 13.2. The van der Waals surface area contributed by atoms with E-state index in [-0.39, 0.29) is 18.0 Å². The highest BCUT2D eigenvalue weighted by Gasteiger charge is 2.18. The third kappa shape index (κ3) is 4.51. The van der Waals surface area contributed by atoms with Crippen molar-refractivity contribution in [1.29, 1.82) is 0 Å². The van der Waals surface area contributed by atoms with E-state index in [0.717, 1.165) is 18.7 Å². The Hall–Kier alpha value is -1.04. The Morgan fingerprint density at radius 3 is 2.85 bits per heavy atom. The van der Waals surface area contributed by atoms with Crippen LogP contribution in [0.1, 0.15) is 24.9 Å². The Bertz CT molecular complexity index is 430. The summed E-state index contributed by atoms with van der Waals surface area (Å²) in [6.45, 7) is 4.18. The highest BCUT2D eigenvalue weighted by atomic mass is 32.2. The number of thioether (sulfide) groups is 1. The summed E-state index contributed by atoms with van der Waals surface area (Å²) in [7, 11) is 0. The number of ether oxygens (including phenoxy) is 1. The van der Waals surface area contributed by atoms with Crippen LogP contribution in [0.5, 0.6) is 0 Å². The van der Waals surface area contributed by atoms with Gasteiger partial charge < -0.3 is 15.4 Å². The molecule has 0 aromatic heterocycles. The Morgan fingerprint density at radius 2 is 2.25 bits per heavy atom. The molecule has 1 aliphatic rings. The highest BCUT2D eigenvalue weighted by molar-refractivity contribution is 7.98. The van der Waals surface area contributed by atoms with Gasteiger partial charge in [0.2, 0.25) is 5.91 Å². The Labute approximate surface area is 124 Å². The fourth-order valence-electron chi connectivity index (χ4n) is 2.25. The first-order valence-electron chi connectivity index (χ1n) is 6.93. The maximum Gasteiger partial charge on any atom is 0.222 e. The van der Waals surface area contributed by atoms with Gasteiger partial charge in [-0.15, -0.1) is 11.8 Å². The minimum atomic E-state index is 0.0305. The number of morpholine rings is 1. The van der Waals surface area contributed by atoms with Crippen molar-refractivity contribution in [3.05, 3.63) is 29.8 Å². The van der Waals surface area contributed by atoms with Crippen molar-refractivity contribution in [2.45, 2.75) is 30.3 Å². The smallest absolute Gasteiger partial charge is 0.222 e. The lowest BCUT2D eigenvalue weighted by molar-refractivity contribution is -0.122. The molecule has 4 nitrogen and oxygen atoms in total. The number of amides is 1. The molecular formula is C15H22N2O2S. The molecule has 2 unspecified atom stereocenters. The van der Waals surface area contributed by atoms with Crippen molar-refractivity contribution >= 4 is 17.7 Å². The molecule has 0 bridgehead atoms. The molecule has 0 radical (unpaired) electrons. The van der Waals surface area contributed by atoms with E-state index in [0.29, 0.717) is 13.0 Å². The molecule has 1 saturated heterocycles. The second kappa shape index (κ2) is 7.67. The monoisotopic (exact) mass is 294 g/mol. The van der Waals surface area contributed by atoms with Crippen LogP contribution in [-0.2, 0) is 9.53 Å². The minimum Gasteiger partial charge on any atom is -0.378 e. The summed E-state index contributed by atoms with van der Waals surface area (Å²) in [5.74, 6) is 0.0643. The SMILES string of the molecule is CSc1ccc(C(C)NC(=O)CC2COCCN2)cc1. The fraction of sp³-hybridized carbons (Fsp3) is 0.533. The highest BCUT2D eigenvalue weighted by Crippen LogP contribution is 2.19. The molecule has 1 fully saturated rings. The third-order valence-electron chi connectivity index (χ3n) is 3.42. The van der Waals surface area contributed by atoms with E-state index in [1.54, 1.807) is 11.8 Å². The summed E-state index contributed by atoms with van der Waals surface area (Å²) in [6.07, 6.45) is 2.52. The summed E-state index contributed by atoms with van der Waals surface area (Å²) >= 11 is 1.72. The summed E-state index contributed by atoms with van der Waals surface area (Å²) in [5.41, 5.74) is 1.13. The second-order valence-electron chi connectivity index (χ2n) is 4.99. The van der Waals surface area contributed by atoms with E-state index >= 15 is 0 Å². The molecule has 1 amide bonds. The van der Waals surface area contributed by atoms with Crippen LogP contribution >= 0.6 is 11.8 Å². The molecule has 1 aromatic carbocycles. The van der Waals surface area contributed by atoms with Gasteiger partial charge in [-0.2, -0.15) is 0 Å². The Balaban J connectivity index is 1.82. The zero-order chi connectivity index (χ0) is 14.4. The van der Waals surface area contributed by atoms with Crippen molar-refractivity contribution in [2.24, 2.45) is 0 Å². The first-order chi connectivity index (χ1) is 9.69. The maximum atomic E-state index is 12.0. The van der Waals surface area contributed by atoms with Crippen LogP contribution in [0.25, 0.3) is 0 Å². The van der Waals surface area contributed by atoms with E-state index in [9.17, 15) is 4.79 Å². The minimum absolute atomic E-state index is 0.0305. The predicted molar refractivity (Wildman–Crippen MR) is 82.0 cm³/mol. The molecule has 2 atom stereocenters. The normalized spacial score (nSPS) is 20.4. The molecule has 0 aliphatic carbocycles. The standard InChI is InChI=1S/C15H22N2O2S/c1-11(12-3-5-14(20-2)6-4-12)17-15(18)9-13-10-19-8-7-16-13/h3-6,11,13,16H,7-10H2,1-2H3,(H,17,18). The molecule has 1 aromatic rings. The zero-order valence-electron chi connectivity index (χ0n) is 12.0. The fourth-order valence-corrected chi connectivity index (χ4v) is 2.66. The number of benzene rings is 1. The molecule has 20 heavy (non-hydrogen) atoms. The lowest BCUT2D eigenvalue weighted by Gasteiger charge is -2.24. The van der Waals surface area contributed by atoms with Crippen LogP contribution in [0, 0.1) is 0 Å². The second-order valence-corrected chi connectivity index (χ2v) is 5.87. The quantitative estimate of drug-likeness (QED) is 0.815. The molecule has 2 rings (SSSR count). The summed E-state index contributed by atoms with van der Waals surface area (Å²) in [6, 6.07) is 8.47. The molecule has 5 heteroatoms. The van der Waals surface area contributed by atoms with Gasteiger partial charge in [-0.1, -0.05) is 12.1 Å². The molecular weight excluding hydrogens is 272 g/mol. The first kappa shape index (κ1) is 15.4. The number of carbonyl (C=O) groups is 1. The number of hydrogen-bond acceptors (Lipinski definition) is 4. The van der Waals surface area contributed by atoms with Gasteiger partial charge in [0.05, 0.1) is 19.3 Å². The molecule has 0 saturated carbocycles. The molecule has 110 valence electrons. The van der Waals surface area contributed by atoms with Crippen molar-refractivity contribution < 1.29 is 9.53 Å². The van der Waals surface area contributed by atoms with Crippen LogP contribution in [0.3, 0.4) is 0 Å². The topological polar surface area (TPSA) is 50.4 Å². The largest absolute Gasteiger partial charge is 0.378 e. The van der Waals surface area contributed by atoms with Crippen molar-refractivity contribution in [3.63, 3.8) is 0 Å². The van der Waals surface area contributed by atoms with E-state index < -0.39 is 0 Å². The van der Waals surface area contributed by atoms with E-state index in [1.807, 2.05) is 6.92 Å². The van der Waals surface area contributed by atoms with Crippen LogP contribution < -0.4 is 10.6 Å². The van der Waals surface area contributed by atoms with Crippen LogP contribution in [0.2, 0.25) is 0 Å². The number of carbonyl (C=O) groups excluding carboxylic acids is 1. The molecule has 1 heterocycles. The van der Waals surface area contributed by atoms with Gasteiger partial charge in [-0.05, 0) is 30.9 Å². The van der Waals surface area contributed by atoms with Crippen molar-refractivity contribution in [1.82, 2.24) is 10.6 Å². The van der Waals surface area contributed by atoms with Crippen LogP contribution in [0.4, 0.5) is 0 Å². The van der Waals surface area contributed by atoms with E-state index in [2.05, 4.69) is 41.2 Å². The van der Waals surface area contributed by atoms with Crippen LogP contribution in [-0.4, -0.2) is 38.0 Å². The predicted octanol–water partition coefficient (Wildman–Crippen LogP) is 1.96. The van der Waals surface area contributed by atoms with Gasteiger partial charge >= 0.3 is 0 Å². The van der Waals surface area contributed by atoms with Gasteiger partial charge in [-0.3, -0.25) is 4.79 Å². The maximum absolute atomic E-state index is 12.0. The van der Waals surface area contributed by atoms with Crippen molar-refractivity contribution in [3.8, 4) is 0 Å². The Kier molecular flexibility index (Phi) is 5.88. The van der Waals surface area contributed by atoms with Gasteiger partial charge in [0.25, 0.3) is 0 Å². The third-order valence-corrected chi connectivity index (χ3v) is 4.17. The number of hydrogen-bond donors (Lipinski definition) is 2. The lowest BCUT2D eigenvalue weighted by atomic mass is 10.1. The Morgan fingerprint density at radius 1 is 1.50 bits per heavy atom. The van der Waals surface area contributed by atoms with Gasteiger partial charge in [-0.25, -0.2) is 0 Å².